The Balaban J connectivity index is 1.95. The molecule has 3 heterocycles. The van der Waals surface area contributed by atoms with E-state index < -0.39 is 0 Å². The Morgan fingerprint density at radius 2 is 2.26 bits per heavy atom. The van der Waals surface area contributed by atoms with Crippen molar-refractivity contribution in [2.75, 3.05) is 5.32 Å². The van der Waals surface area contributed by atoms with Crippen LogP contribution in [0, 0.1) is 13.8 Å². The van der Waals surface area contributed by atoms with Crippen molar-refractivity contribution in [1.82, 2.24) is 19.6 Å². The van der Waals surface area contributed by atoms with E-state index in [1.807, 2.05) is 0 Å². The van der Waals surface area contributed by atoms with Crippen molar-refractivity contribution in [1.29, 1.82) is 0 Å². The Bertz CT molecular complexity index is 758. The third kappa shape index (κ3) is 1.95. The summed E-state index contributed by atoms with van der Waals surface area (Å²) < 4.78 is 6.99. The maximum absolute atomic E-state index is 12.1. The van der Waals surface area contributed by atoms with E-state index >= 15 is 0 Å². The fraction of sp³-hybridized carbons (Fsp3) is 0.167. The van der Waals surface area contributed by atoms with E-state index in [9.17, 15) is 4.79 Å². The van der Waals surface area contributed by atoms with Gasteiger partial charge in [-0.05, 0) is 19.1 Å². The predicted molar refractivity (Wildman–Crippen MR) is 66.9 cm³/mol. The Hall–Kier alpha value is -2.70. The van der Waals surface area contributed by atoms with Gasteiger partial charge >= 0.3 is 0 Å². The van der Waals surface area contributed by atoms with Crippen LogP contribution in [0.5, 0.6) is 0 Å². The molecule has 1 N–H and O–H groups in total. The molecule has 96 valence electrons. The Kier molecular flexibility index (Phi) is 2.52. The molecule has 3 rings (SSSR count). The summed E-state index contributed by atoms with van der Waals surface area (Å²) in [6.45, 7) is 3.42. The molecule has 3 aromatic heterocycles. The summed E-state index contributed by atoms with van der Waals surface area (Å²) in [6.07, 6.45) is 3.36. The van der Waals surface area contributed by atoms with Crippen LogP contribution in [-0.2, 0) is 0 Å². The molecule has 0 saturated carbocycles. The fourth-order valence-corrected chi connectivity index (χ4v) is 1.87. The largest absolute Gasteiger partial charge is 0.436 e. The van der Waals surface area contributed by atoms with Crippen molar-refractivity contribution < 1.29 is 9.21 Å². The average molecular weight is 257 g/mol. The van der Waals surface area contributed by atoms with Gasteiger partial charge in [-0.1, -0.05) is 0 Å². The van der Waals surface area contributed by atoms with E-state index in [4.69, 9.17) is 4.42 Å². The van der Waals surface area contributed by atoms with Gasteiger partial charge in [0.15, 0.2) is 11.5 Å². The average Bonchev–Trinajstić information content (AvgIpc) is 2.96. The lowest BCUT2D eigenvalue weighted by molar-refractivity contribution is 0.0994. The normalized spacial score (nSPS) is 10.8. The SMILES string of the molecule is Cc1nc(C)c(C(=O)Nc2cccn3cnnc23)o1. The van der Waals surface area contributed by atoms with Gasteiger partial charge in [-0.25, -0.2) is 4.98 Å². The van der Waals surface area contributed by atoms with Crippen LogP contribution in [0.4, 0.5) is 5.69 Å². The van der Waals surface area contributed by atoms with E-state index in [1.165, 1.54) is 0 Å². The van der Waals surface area contributed by atoms with Crippen LogP contribution in [0.25, 0.3) is 5.65 Å². The monoisotopic (exact) mass is 257 g/mol. The number of oxazole rings is 1. The Morgan fingerprint density at radius 1 is 1.42 bits per heavy atom. The number of aromatic nitrogens is 4. The van der Waals surface area contributed by atoms with Gasteiger partial charge in [0.1, 0.15) is 6.33 Å². The molecule has 19 heavy (non-hydrogen) atoms. The molecule has 3 aromatic rings. The highest BCUT2D eigenvalue weighted by Gasteiger charge is 2.17. The number of aryl methyl sites for hydroxylation is 2. The smallest absolute Gasteiger partial charge is 0.293 e. The summed E-state index contributed by atoms with van der Waals surface area (Å²) in [5, 5.41) is 10.5. The van der Waals surface area contributed by atoms with Crippen LogP contribution in [-0.4, -0.2) is 25.5 Å². The molecule has 0 bridgehead atoms. The number of nitrogens with one attached hydrogen (secondary N) is 1. The van der Waals surface area contributed by atoms with E-state index in [0.717, 1.165) is 0 Å². The fourth-order valence-electron chi connectivity index (χ4n) is 1.87. The maximum atomic E-state index is 12.1. The zero-order valence-corrected chi connectivity index (χ0v) is 10.4. The molecule has 1 amide bonds. The van der Waals surface area contributed by atoms with E-state index in [1.54, 1.807) is 42.9 Å². The standard InChI is InChI=1S/C12H11N5O2/c1-7-10(19-8(2)14-7)12(18)15-9-4-3-5-17-6-13-16-11(9)17/h3-6H,1-2H3,(H,15,18). The Morgan fingerprint density at radius 3 is 3.00 bits per heavy atom. The molecule has 0 atom stereocenters. The molecule has 0 saturated heterocycles. The summed E-state index contributed by atoms with van der Waals surface area (Å²) in [5.41, 5.74) is 1.70. The molecule has 0 spiro atoms. The third-order valence-corrected chi connectivity index (χ3v) is 2.68. The summed E-state index contributed by atoms with van der Waals surface area (Å²) >= 11 is 0. The molecule has 0 aliphatic heterocycles. The lowest BCUT2D eigenvalue weighted by Gasteiger charge is -2.04. The van der Waals surface area contributed by atoms with Gasteiger partial charge in [-0.15, -0.1) is 10.2 Å². The first-order valence-corrected chi connectivity index (χ1v) is 5.69. The second-order valence-corrected chi connectivity index (χ2v) is 4.09. The first-order chi connectivity index (χ1) is 9.15. The van der Waals surface area contributed by atoms with Gasteiger partial charge in [-0.2, -0.15) is 0 Å². The molecule has 0 aromatic carbocycles. The van der Waals surface area contributed by atoms with Gasteiger partial charge in [0.05, 0.1) is 11.4 Å². The van der Waals surface area contributed by atoms with Crippen molar-refractivity contribution >= 4 is 17.2 Å². The van der Waals surface area contributed by atoms with Gasteiger partial charge in [0.25, 0.3) is 5.91 Å². The van der Waals surface area contributed by atoms with Crippen LogP contribution >= 0.6 is 0 Å². The van der Waals surface area contributed by atoms with Gasteiger partial charge < -0.3 is 9.73 Å². The summed E-state index contributed by atoms with van der Waals surface area (Å²) in [6, 6.07) is 3.55. The van der Waals surface area contributed by atoms with E-state index in [2.05, 4.69) is 20.5 Å². The van der Waals surface area contributed by atoms with Crippen molar-refractivity contribution in [3.63, 3.8) is 0 Å². The van der Waals surface area contributed by atoms with Crippen LogP contribution in [0.15, 0.2) is 29.1 Å². The number of carbonyl (C=O) groups is 1. The molecular weight excluding hydrogens is 246 g/mol. The number of pyridine rings is 1. The highest BCUT2D eigenvalue weighted by molar-refractivity contribution is 6.04. The zero-order chi connectivity index (χ0) is 13.4. The van der Waals surface area contributed by atoms with Crippen LogP contribution in [0.1, 0.15) is 22.1 Å². The minimum atomic E-state index is -0.353. The van der Waals surface area contributed by atoms with Gasteiger partial charge in [-0.3, -0.25) is 9.20 Å². The number of amides is 1. The van der Waals surface area contributed by atoms with E-state index in [0.29, 0.717) is 22.9 Å². The molecule has 0 unspecified atom stereocenters. The summed E-state index contributed by atoms with van der Waals surface area (Å²) in [4.78, 5) is 16.2. The number of anilines is 1. The Labute approximate surface area is 108 Å². The second-order valence-electron chi connectivity index (χ2n) is 4.09. The lowest BCUT2D eigenvalue weighted by Crippen LogP contribution is -2.13. The summed E-state index contributed by atoms with van der Waals surface area (Å²) in [7, 11) is 0. The number of rotatable bonds is 2. The molecule has 0 aliphatic rings. The number of carbonyl (C=O) groups excluding carboxylic acids is 1. The van der Waals surface area contributed by atoms with E-state index in [-0.39, 0.29) is 11.7 Å². The maximum Gasteiger partial charge on any atom is 0.293 e. The number of hydrogen-bond donors (Lipinski definition) is 1. The molecule has 0 fully saturated rings. The molecule has 7 heteroatoms. The number of hydrogen-bond acceptors (Lipinski definition) is 5. The molecule has 0 aliphatic carbocycles. The molecule has 0 radical (unpaired) electrons. The predicted octanol–water partition coefficient (Wildman–Crippen LogP) is 1.59. The van der Waals surface area contributed by atoms with Crippen molar-refractivity contribution in [3.05, 3.63) is 42.0 Å². The number of nitrogens with zero attached hydrogens (tertiary/aromatic N) is 4. The van der Waals surface area contributed by atoms with Gasteiger partial charge in [0.2, 0.25) is 5.76 Å². The van der Waals surface area contributed by atoms with Gasteiger partial charge in [0, 0.05) is 13.1 Å². The highest BCUT2D eigenvalue weighted by atomic mass is 16.4. The highest BCUT2D eigenvalue weighted by Crippen LogP contribution is 2.16. The van der Waals surface area contributed by atoms with Crippen LogP contribution < -0.4 is 5.32 Å². The topological polar surface area (TPSA) is 85.3 Å². The minimum Gasteiger partial charge on any atom is -0.436 e. The molecule has 7 nitrogen and oxygen atoms in total. The lowest BCUT2D eigenvalue weighted by atomic mass is 10.3. The minimum absolute atomic E-state index is 0.207. The van der Waals surface area contributed by atoms with Crippen LogP contribution in [0.3, 0.4) is 0 Å². The summed E-state index contributed by atoms with van der Waals surface area (Å²) in [5.74, 6) is 0.316. The third-order valence-electron chi connectivity index (χ3n) is 2.68. The first kappa shape index (κ1) is 11.4. The van der Waals surface area contributed by atoms with Crippen molar-refractivity contribution in [2.24, 2.45) is 0 Å². The zero-order valence-electron chi connectivity index (χ0n) is 10.4. The molecular formula is C12H11N5O2. The first-order valence-electron chi connectivity index (χ1n) is 5.69. The quantitative estimate of drug-likeness (QED) is 0.753. The van der Waals surface area contributed by atoms with Crippen molar-refractivity contribution in [3.8, 4) is 0 Å². The second kappa shape index (κ2) is 4.20. The number of fused-ring (bicyclic) bond motifs is 1. The van der Waals surface area contributed by atoms with Crippen LogP contribution in [0.2, 0.25) is 0 Å². The van der Waals surface area contributed by atoms with Crippen molar-refractivity contribution in [2.45, 2.75) is 13.8 Å².